The zero-order valence-corrected chi connectivity index (χ0v) is 13.7. The third-order valence-corrected chi connectivity index (χ3v) is 4.11. The number of carbonyl (C=O) groups excluding carboxylic acids is 2. The molecule has 2 N–H and O–H groups in total. The minimum atomic E-state index is -0.310. The molecule has 1 heterocycles. The molecule has 118 valence electrons. The number of urea groups is 1. The second-order valence-electron chi connectivity index (χ2n) is 5.39. The summed E-state index contributed by atoms with van der Waals surface area (Å²) in [6, 6.07) is -0.310. The minimum Gasteiger partial charge on any atom is -0.338 e. The van der Waals surface area contributed by atoms with E-state index < -0.39 is 0 Å². The van der Waals surface area contributed by atoms with E-state index in [1.165, 1.54) is 0 Å². The van der Waals surface area contributed by atoms with Crippen molar-refractivity contribution in [1.82, 2.24) is 15.3 Å². The number of aliphatic imine (C=N–C) groups is 1. The second kappa shape index (κ2) is 8.60. The van der Waals surface area contributed by atoms with Crippen molar-refractivity contribution in [1.29, 1.82) is 0 Å². The van der Waals surface area contributed by atoms with E-state index in [0.717, 1.165) is 30.2 Å². The number of isocyanates is 1. The molecule has 1 aliphatic rings. The van der Waals surface area contributed by atoms with Gasteiger partial charge in [0.2, 0.25) is 12.0 Å². The molecule has 0 bridgehead atoms. The zero-order chi connectivity index (χ0) is 15.8. The van der Waals surface area contributed by atoms with Gasteiger partial charge in [0, 0.05) is 18.9 Å². The summed E-state index contributed by atoms with van der Waals surface area (Å²) in [6.45, 7) is 1.14. The molecule has 2 amide bonds. The van der Waals surface area contributed by atoms with Crippen LogP contribution in [0.25, 0.3) is 0 Å². The molecule has 22 heavy (non-hydrogen) atoms. The summed E-state index contributed by atoms with van der Waals surface area (Å²) in [5, 5.41) is 5.43. The van der Waals surface area contributed by atoms with Crippen molar-refractivity contribution >= 4 is 34.0 Å². The Labute approximate surface area is 137 Å². The standard InChI is InChI=1S/C14H18BrN5O2/c15-12-7-17-13(18-8-12)20-14(22)19-6-11-3-1-2-10(4-11)5-16-9-21/h7-8,10-11H,1-6H2,(H2,17,18,19,20,22). The van der Waals surface area contributed by atoms with E-state index in [2.05, 4.69) is 41.5 Å². The summed E-state index contributed by atoms with van der Waals surface area (Å²) in [7, 11) is 0. The molecule has 2 rings (SSSR count). The van der Waals surface area contributed by atoms with Crippen LogP contribution in [-0.4, -0.2) is 35.2 Å². The average molecular weight is 368 g/mol. The highest BCUT2D eigenvalue weighted by atomic mass is 79.9. The largest absolute Gasteiger partial charge is 0.338 e. The molecule has 1 aromatic rings. The van der Waals surface area contributed by atoms with E-state index in [0.29, 0.717) is 24.9 Å². The number of hydrogen-bond donors (Lipinski definition) is 2. The molecule has 1 saturated carbocycles. The molecule has 8 heteroatoms. The van der Waals surface area contributed by atoms with E-state index in [-0.39, 0.29) is 12.0 Å². The van der Waals surface area contributed by atoms with Gasteiger partial charge in [0.15, 0.2) is 0 Å². The quantitative estimate of drug-likeness (QED) is 0.617. The van der Waals surface area contributed by atoms with Gasteiger partial charge in [-0.25, -0.2) is 24.5 Å². The first kappa shape index (κ1) is 16.6. The summed E-state index contributed by atoms with van der Waals surface area (Å²) >= 11 is 3.23. The summed E-state index contributed by atoms with van der Waals surface area (Å²) in [6.07, 6.45) is 8.97. The third kappa shape index (κ3) is 5.54. The van der Waals surface area contributed by atoms with Crippen LogP contribution in [0.4, 0.5) is 10.7 Å². The van der Waals surface area contributed by atoms with Gasteiger partial charge in [0.05, 0.1) is 11.0 Å². The lowest BCUT2D eigenvalue weighted by molar-refractivity contribution is 0.239. The fourth-order valence-corrected chi connectivity index (χ4v) is 2.88. The van der Waals surface area contributed by atoms with Crippen LogP contribution in [-0.2, 0) is 4.79 Å². The molecule has 2 unspecified atom stereocenters. The molecule has 0 aliphatic heterocycles. The van der Waals surface area contributed by atoms with E-state index in [9.17, 15) is 9.59 Å². The predicted molar refractivity (Wildman–Crippen MR) is 85.2 cm³/mol. The Kier molecular flexibility index (Phi) is 6.48. The Hall–Kier alpha value is -1.79. The fourth-order valence-electron chi connectivity index (χ4n) is 2.68. The summed E-state index contributed by atoms with van der Waals surface area (Å²) in [4.78, 5) is 33.6. The number of hydrogen-bond acceptors (Lipinski definition) is 5. The van der Waals surface area contributed by atoms with Crippen molar-refractivity contribution in [3.8, 4) is 0 Å². The number of amides is 2. The van der Waals surface area contributed by atoms with Crippen molar-refractivity contribution in [3.63, 3.8) is 0 Å². The molecule has 0 spiro atoms. The summed E-state index contributed by atoms with van der Waals surface area (Å²) in [5.41, 5.74) is 0. The van der Waals surface area contributed by atoms with Gasteiger partial charge in [-0.05, 0) is 47.0 Å². The van der Waals surface area contributed by atoms with Crippen LogP contribution >= 0.6 is 15.9 Å². The van der Waals surface area contributed by atoms with Gasteiger partial charge in [-0.3, -0.25) is 5.32 Å². The van der Waals surface area contributed by atoms with E-state index >= 15 is 0 Å². The highest BCUT2D eigenvalue weighted by molar-refractivity contribution is 9.10. The number of rotatable bonds is 5. The molecular formula is C14H18BrN5O2. The number of nitrogens with one attached hydrogen (secondary N) is 2. The van der Waals surface area contributed by atoms with Crippen LogP contribution in [0.5, 0.6) is 0 Å². The zero-order valence-electron chi connectivity index (χ0n) is 12.1. The van der Waals surface area contributed by atoms with Gasteiger partial charge in [0.25, 0.3) is 0 Å². The molecule has 0 saturated heterocycles. The van der Waals surface area contributed by atoms with Crippen LogP contribution in [0.2, 0.25) is 0 Å². The van der Waals surface area contributed by atoms with Crippen LogP contribution in [0, 0.1) is 11.8 Å². The topological polar surface area (TPSA) is 96.3 Å². The fraction of sp³-hybridized carbons (Fsp3) is 0.571. The predicted octanol–water partition coefficient (Wildman–Crippen LogP) is 2.50. The average Bonchev–Trinajstić information content (AvgIpc) is 2.53. The lowest BCUT2D eigenvalue weighted by atomic mass is 9.81. The van der Waals surface area contributed by atoms with Crippen molar-refractivity contribution < 1.29 is 9.59 Å². The first-order valence-corrected chi connectivity index (χ1v) is 8.02. The van der Waals surface area contributed by atoms with Gasteiger partial charge >= 0.3 is 6.03 Å². The lowest BCUT2D eigenvalue weighted by Gasteiger charge is -2.27. The summed E-state index contributed by atoms with van der Waals surface area (Å²) < 4.78 is 0.754. The van der Waals surface area contributed by atoms with E-state index in [4.69, 9.17) is 0 Å². The molecule has 1 aromatic heterocycles. The molecular weight excluding hydrogens is 350 g/mol. The Balaban J connectivity index is 1.73. The highest BCUT2D eigenvalue weighted by Gasteiger charge is 2.22. The van der Waals surface area contributed by atoms with E-state index in [1.54, 1.807) is 18.5 Å². The molecule has 0 radical (unpaired) electrons. The number of aromatic nitrogens is 2. The number of nitrogens with zero attached hydrogens (tertiary/aromatic N) is 3. The van der Waals surface area contributed by atoms with Crippen LogP contribution < -0.4 is 10.6 Å². The number of halogens is 1. The number of carbonyl (C=O) groups is 1. The minimum absolute atomic E-state index is 0.266. The maximum absolute atomic E-state index is 11.8. The van der Waals surface area contributed by atoms with Gasteiger partial charge in [-0.15, -0.1) is 0 Å². The van der Waals surface area contributed by atoms with Crippen LogP contribution in [0.3, 0.4) is 0 Å². The van der Waals surface area contributed by atoms with Gasteiger partial charge < -0.3 is 5.32 Å². The van der Waals surface area contributed by atoms with Crippen LogP contribution in [0.15, 0.2) is 21.9 Å². The molecule has 2 atom stereocenters. The molecule has 1 aliphatic carbocycles. The molecule has 1 fully saturated rings. The Morgan fingerprint density at radius 1 is 1.36 bits per heavy atom. The number of anilines is 1. The van der Waals surface area contributed by atoms with Crippen molar-refractivity contribution in [2.45, 2.75) is 25.7 Å². The SMILES string of the molecule is O=C=NCC1CCCC(CNC(=O)Nc2ncc(Br)cn2)C1. The van der Waals surface area contributed by atoms with Gasteiger partial charge in [0.1, 0.15) is 0 Å². The third-order valence-electron chi connectivity index (χ3n) is 3.70. The van der Waals surface area contributed by atoms with Crippen molar-refractivity contribution in [2.75, 3.05) is 18.4 Å². The Morgan fingerprint density at radius 3 is 2.82 bits per heavy atom. The van der Waals surface area contributed by atoms with Crippen LogP contribution in [0.1, 0.15) is 25.7 Å². The summed E-state index contributed by atoms with van der Waals surface area (Å²) in [5.74, 6) is 1.10. The van der Waals surface area contributed by atoms with Crippen molar-refractivity contribution in [2.24, 2.45) is 16.8 Å². The Bertz CT molecular complexity index is 545. The van der Waals surface area contributed by atoms with E-state index in [1.807, 2.05) is 0 Å². The first-order valence-electron chi connectivity index (χ1n) is 7.23. The molecule has 0 aromatic carbocycles. The van der Waals surface area contributed by atoms with Gasteiger partial charge in [-0.1, -0.05) is 6.42 Å². The highest BCUT2D eigenvalue weighted by Crippen LogP contribution is 2.28. The maximum Gasteiger partial charge on any atom is 0.321 e. The first-order chi connectivity index (χ1) is 10.7. The normalized spacial score (nSPS) is 20.8. The van der Waals surface area contributed by atoms with Crippen molar-refractivity contribution in [3.05, 3.63) is 16.9 Å². The monoisotopic (exact) mass is 367 g/mol. The second-order valence-corrected chi connectivity index (χ2v) is 6.31. The van der Waals surface area contributed by atoms with Gasteiger partial charge in [-0.2, -0.15) is 0 Å². The Morgan fingerprint density at radius 2 is 2.09 bits per heavy atom. The lowest BCUT2D eigenvalue weighted by Crippen LogP contribution is -2.35. The smallest absolute Gasteiger partial charge is 0.321 e. The molecule has 7 nitrogen and oxygen atoms in total. The maximum atomic E-state index is 11.8.